The molecule has 1 atom stereocenters. The van der Waals surface area contributed by atoms with Crippen LogP contribution >= 0.6 is 0 Å². The molecule has 0 spiro atoms. The molecule has 0 bridgehead atoms. The molecule has 3 aromatic rings. The van der Waals surface area contributed by atoms with Gasteiger partial charge in [0, 0.05) is 24.9 Å². The highest BCUT2D eigenvalue weighted by Gasteiger charge is 2.08. The summed E-state index contributed by atoms with van der Waals surface area (Å²) in [4.78, 5) is 7.39. The Balaban J connectivity index is 1.60. The van der Waals surface area contributed by atoms with Crippen LogP contribution in [-0.2, 0) is 6.42 Å². The molecule has 0 aliphatic heterocycles. The van der Waals surface area contributed by atoms with E-state index in [1.54, 1.807) is 0 Å². The van der Waals surface area contributed by atoms with Crippen LogP contribution in [0.4, 0.5) is 0 Å². The van der Waals surface area contributed by atoms with Crippen LogP contribution in [0.1, 0.15) is 30.8 Å². The highest BCUT2D eigenvalue weighted by Crippen LogP contribution is 2.23. The average molecular weight is 279 g/mol. The summed E-state index contributed by atoms with van der Waals surface area (Å²) >= 11 is 0. The Morgan fingerprint density at radius 1 is 1.14 bits per heavy atom. The summed E-state index contributed by atoms with van der Waals surface area (Å²) in [6, 6.07) is 15.4. The molecule has 3 heteroatoms. The second-order valence-corrected chi connectivity index (χ2v) is 5.38. The minimum atomic E-state index is 0.354. The van der Waals surface area contributed by atoms with Crippen LogP contribution in [0.5, 0.6) is 0 Å². The van der Waals surface area contributed by atoms with Gasteiger partial charge in [0.1, 0.15) is 5.82 Å². The number of H-pyrrole nitrogens is 1. The van der Waals surface area contributed by atoms with Crippen LogP contribution < -0.4 is 5.32 Å². The lowest BCUT2D eigenvalue weighted by atomic mass is 9.99. The van der Waals surface area contributed by atoms with Crippen LogP contribution in [0.25, 0.3) is 10.8 Å². The summed E-state index contributed by atoms with van der Waals surface area (Å²) in [7, 11) is 0. The van der Waals surface area contributed by atoms with Crippen molar-refractivity contribution in [2.24, 2.45) is 0 Å². The lowest BCUT2D eigenvalue weighted by molar-refractivity contribution is 0.557. The van der Waals surface area contributed by atoms with Crippen molar-refractivity contribution in [3.63, 3.8) is 0 Å². The van der Waals surface area contributed by atoms with Gasteiger partial charge in [-0.05, 0) is 36.2 Å². The van der Waals surface area contributed by atoms with E-state index in [0.29, 0.717) is 6.04 Å². The topological polar surface area (TPSA) is 40.7 Å². The Kier molecular flexibility index (Phi) is 4.31. The smallest absolute Gasteiger partial charge is 0.106 e. The van der Waals surface area contributed by atoms with Crippen molar-refractivity contribution in [3.8, 4) is 0 Å². The first kappa shape index (κ1) is 13.8. The summed E-state index contributed by atoms with van der Waals surface area (Å²) in [5.41, 5.74) is 1.37. The number of nitrogens with one attached hydrogen (secondary N) is 2. The van der Waals surface area contributed by atoms with Gasteiger partial charge in [-0.25, -0.2) is 4.98 Å². The van der Waals surface area contributed by atoms with Crippen molar-refractivity contribution in [1.82, 2.24) is 15.3 Å². The van der Waals surface area contributed by atoms with Gasteiger partial charge in [0.15, 0.2) is 0 Å². The van der Waals surface area contributed by atoms with Crippen LogP contribution in [0.3, 0.4) is 0 Å². The Morgan fingerprint density at radius 2 is 2.00 bits per heavy atom. The molecule has 0 saturated heterocycles. The molecule has 1 heterocycles. The molecule has 0 saturated carbocycles. The minimum Gasteiger partial charge on any atom is -0.349 e. The molecule has 3 nitrogen and oxygen atoms in total. The van der Waals surface area contributed by atoms with Gasteiger partial charge in [-0.3, -0.25) is 0 Å². The molecule has 0 aliphatic carbocycles. The van der Waals surface area contributed by atoms with Gasteiger partial charge in [-0.1, -0.05) is 42.5 Å². The second-order valence-electron chi connectivity index (χ2n) is 5.38. The molecular weight excluding hydrogens is 258 g/mol. The summed E-state index contributed by atoms with van der Waals surface area (Å²) in [6.07, 6.45) is 5.76. The van der Waals surface area contributed by atoms with Crippen LogP contribution in [-0.4, -0.2) is 16.5 Å². The van der Waals surface area contributed by atoms with Crippen molar-refractivity contribution < 1.29 is 0 Å². The maximum atomic E-state index is 4.25. The van der Waals surface area contributed by atoms with Gasteiger partial charge in [0.05, 0.1) is 0 Å². The fourth-order valence-electron chi connectivity index (χ4n) is 2.75. The molecule has 3 rings (SSSR count). The first-order valence-corrected chi connectivity index (χ1v) is 7.54. The molecule has 0 radical (unpaired) electrons. The molecule has 1 aromatic heterocycles. The third-order valence-electron chi connectivity index (χ3n) is 3.89. The van der Waals surface area contributed by atoms with E-state index in [1.807, 2.05) is 12.4 Å². The Labute approximate surface area is 125 Å². The first-order chi connectivity index (χ1) is 10.3. The first-order valence-electron chi connectivity index (χ1n) is 7.54. The molecule has 21 heavy (non-hydrogen) atoms. The number of benzene rings is 2. The van der Waals surface area contributed by atoms with E-state index in [-0.39, 0.29) is 0 Å². The lowest BCUT2D eigenvalue weighted by Gasteiger charge is -2.16. The lowest BCUT2D eigenvalue weighted by Crippen LogP contribution is -2.20. The predicted molar refractivity (Wildman–Crippen MR) is 87.3 cm³/mol. The number of aryl methyl sites for hydroxylation is 1. The highest BCUT2D eigenvalue weighted by molar-refractivity contribution is 5.86. The summed E-state index contributed by atoms with van der Waals surface area (Å²) in [5.74, 6) is 1.06. The zero-order valence-electron chi connectivity index (χ0n) is 12.3. The zero-order chi connectivity index (χ0) is 14.5. The monoisotopic (exact) mass is 279 g/mol. The molecule has 1 unspecified atom stereocenters. The number of aromatic nitrogens is 2. The third kappa shape index (κ3) is 3.31. The SMILES string of the molecule is CC(NCCCc1ncc[nH]1)c1cccc2ccccc12. The van der Waals surface area contributed by atoms with E-state index in [4.69, 9.17) is 0 Å². The van der Waals surface area contributed by atoms with Crippen molar-refractivity contribution in [3.05, 3.63) is 66.2 Å². The van der Waals surface area contributed by atoms with Crippen LogP contribution in [0.2, 0.25) is 0 Å². The fraction of sp³-hybridized carbons (Fsp3) is 0.278. The van der Waals surface area contributed by atoms with E-state index >= 15 is 0 Å². The molecule has 0 fully saturated rings. The van der Waals surface area contributed by atoms with Gasteiger partial charge < -0.3 is 10.3 Å². The van der Waals surface area contributed by atoms with Crippen molar-refractivity contribution >= 4 is 10.8 Å². The van der Waals surface area contributed by atoms with Gasteiger partial charge in [0.2, 0.25) is 0 Å². The number of aromatic amines is 1. The van der Waals surface area contributed by atoms with Crippen LogP contribution in [0, 0.1) is 0 Å². The maximum absolute atomic E-state index is 4.25. The number of imidazole rings is 1. The van der Waals surface area contributed by atoms with E-state index in [9.17, 15) is 0 Å². The second kappa shape index (κ2) is 6.55. The van der Waals surface area contributed by atoms with E-state index < -0.39 is 0 Å². The molecule has 0 amide bonds. The number of nitrogens with zero attached hydrogens (tertiary/aromatic N) is 1. The third-order valence-corrected chi connectivity index (χ3v) is 3.89. The molecule has 0 aliphatic rings. The van der Waals surface area contributed by atoms with Gasteiger partial charge >= 0.3 is 0 Å². The Morgan fingerprint density at radius 3 is 2.86 bits per heavy atom. The van der Waals surface area contributed by atoms with Gasteiger partial charge in [-0.2, -0.15) is 0 Å². The Hall–Kier alpha value is -2.13. The number of rotatable bonds is 6. The standard InChI is InChI=1S/C18H21N3/c1-14(19-11-5-10-18-20-12-13-21-18)16-9-4-7-15-6-2-3-8-17(15)16/h2-4,6-9,12-14,19H,5,10-11H2,1H3,(H,20,21). The number of fused-ring (bicyclic) bond motifs is 1. The van der Waals surface area contributed by atoms with Crippen LogP contribution in [0.15, 0.2) is 54.9 Å². The fourth-order valence-corrected chi connectivity index (χ4v) is 2.75. The predicted octanol–water partition coefficient (Wildman–Crippen LogP) is 3.85. The number of hydrogen-bond donors (Lipinski definition) is 2. The van der Waals surface area contributed by atoms with Gasteiger partial charge in [-0.15, -0.1) is 0 Å². The highest BCUT2D eigenvalue weighted by atomic mass is 14.9. The molecule has 2 N–H and O–H groups in total. The normalized spacial score (nSPS) is 12.6. The molecule has 108 valence electrons. The summed E-state index contributed by atoms with van der Waals surface area (Å²) in [5, 5.41) is 6.26. The zero-order valence-corrected chi connectivity index (χ0v) is 12.3. The van der Waals surface area contributed by atoms with Crippen molar-refractivity contribution in [2.75, 3.05) is 6.54 Å². The van der Waals surface area contributed by atoms with Crippen molar-refractivity contribution in [1.29, 1.82) is 0 Å². The Bertz CT molecular complexity index is 683. The summed E-state index contributed by atoms with van der Waals surface area (Å²) < 4.78 is 0. The molecule has 2 aromatic carbocycles. The minimum absolute atomic E-state index is 0.354. The van der Waals surface area contributed by atoms with Crippen molar-refractivity contribution in [2.45, 2.75) is 25.8 Å². The largest absolute Gasteiger partial charge is 0.349 e. The van der Waals surface area contributed by atoms with E-state index in [2.05, 4.69) is 64.7 Å². The summed E-state index contributed by atoms with van der Waals surface area (Å²) in [6.45, 7) is 3.22. The van der Waals surface area contributed by atoms with E-state index in [0.717, 1.165) is 25.2 Å². The number of hydrogen-bond acceptors (Lipinski definition) is 2. The van der Waals surface area contributed by atoms with E-state index in [1.165, 1.54) is 16.3 Å². The molecular formula is C18H21N3. The quantitative estimate of drug-likeness (QED) is 0.673. The maximum Gasteiger partial charge on any atom is 0.106 e. The van der Waals surface area contributed by atoms with Gasteiger partial charge in [0.25, 0.3) is 0 Å². The average Bonchev–Trinajstić information content (AvgIpc) is 3.04.